The maximum absolute atomic E-state index is 3.94. The number of rotatable bonds is 3. The first kappa shape index (κ1) is 13.0. The molecule has 0 atom stereocenters. The second kappa shape index (κ2) is 5.49. The summed E-state index contributed by atoms with van der Waals surface area (Å²) in [4.78, 5) is 4.90. The molecule has 0 amide bonds. The summed E-state index contributed by atoms with van der Waals surface area (Å²) >= 11 is 1.79. The highest BCUT2D eigenvalue weighted by Gasteiger charge is 2.24. The summed E-state index contributed by atoms with van der Waals surface area (Å²) in [5, 5.41) is 0. The molecular formula is C16H19NS. The lowest BCUT2D eigenvalue weighted by molar-refractivity contribution is 0.755. The van der Waals surface area contributed by atoms with Gasteiger partial charge >= 0.3 is 0 Å². The zero-order valence-corrected chi connectivity index (χ0v) is 12.0. The molecule has 1 aromatic carbocycles. The molecule has 1 aliphatic rings. The highest BCUT2D eigenvalue weighted by molar-refractivity contribution is 8.03. The molecule has 0 aliphatic carbocycles. The Morgan fingerprint density at radius 2 is 2.00 bits per heavy atom. The molecule has 0 bridgehead atoms. The van der Waals surface area contributed by atoms with Crippen LogP contribution in [0.3, 0.4) is 0 Å². The van der Waals surface area contributed by atoms with Crippen LogP contribution in [0, 0.1) is 0 Å². The predicted octanol–water partition coefficient (Wildman–Crippen LogP) is 4.98. The van der Waals surface area contributed by atoms with Gasteiger partial charge in [0.15, 0.2) is 0 Å². The highest BCUT2D eigenvalue weighted by atomic mass is 32.2. The molecule has 0 aromatic heterocycles. The van der Waals surface area contributed by atoms with Crippen LogP contribution >= 0.6 is 11.8 Å². The van der Waals surface area contributed by atoms with E-state index in [4.69, 9.17) is 0 Å². The third-order valence-electron chi connectivity index (χ3n) is 2.88. The van der Waals surface area contributed by atoms with Crippen LogP contribution in [-0.2, 0) is 0 Å². The number of nitrogens with zero attached hydrogens (tertiary/aromatic N) is 1. The van der Waals surface area contributed by atoms with E-state index in [9.17, 15) is 0 Å². The topological polar surface area (TPSA) is 3.24 Å². The van der Waals surface area contributed by atoms with Crippen LogP contribution in [-0.4, -0.2) is 6.04 Å². The Balaban J connectivity index is 2.61. The van der Waals surface area contributed by atoms with E-state index >= 15 is 0 Å². The van der Waals surface area contributed by atoms with E-state index in [0.717, 1.165) is 0 Å². The molecule has 1 aromatic rings. The van der Waals surface area contributed by atoms with Gasteiger partial charge in [0.1, 0.15) is 0 Å². The lowest BCUT2D eigenvalue weighted by Crippen LogP contribution is -2.31. The molecule has 0 saturated heterocycles. The van der Waals surface area contributed by atoms with Crippen molar-refractivity contribution in [2.45, 2.75) is 31.7 Å². The van der Waals surface area contributed by atoms with Gasteiger partial charge in [-0.05, 0) is 39.0 Å². The maximum atomic E-state index is 3.94. The van der Waals surface area contributed by atoms with Gasteiger partial charge < -0.3 is 4.90 Å². The highest BCUT2D eigenvalue weighted by Crippen LogP contribution is 2.44. The molecule has 1 heterocycles. The summed E-state index contributed by atoms with van der Waals surface area (Å²) in [6, 6.07) is 8.97. The number of thioether (sulfide) groups is 1. The van der Waals surface area contributed by atoms with Crippen LogP contribution in [0.5, 0.6) is 0 Å². The fourth-order valence-electron chi connectivity index (χ4n) is 2.18. The normalized spacial score (nSPS) is 15.4. The number of allylic oxidation sites excluding steroid dienone is 3. The fraction of sp³-hybridized carbons (Fsp3) is 0.250. The number of hydrogen-bond acceptors (Lipinski definition) is 2. The van der Waals surface area contributed by atoms with Crippen molar-refractivity contribution in [2.75, 3.05) is 4.90 Å². The quantitative estimate of drug-likeness (QED) is 0.751. The summed E-state index contributed by atoms with van der Waals surface area (Å²) in [6.45, 7) is 10.4. The summed E-state index contributed by atoms with van der Waals surface area (Å²) in [7, 11) is 0. The first-order valence-corrected chi connectivity index (χ1v) is 7.06. The van der Waals surface area contributed by atoms with Crippen molar-refractivity contribution < 1.29 is 0 Å². The van der Waals surface area contributed by atoms with Gasteiger partial charge in [-0.1, -0.05) is 42.6 Å². The molecule has 1 aliphatic heterocycles. The molecule has 0 spiro atoms. The Labute approximate surface area is 114 Å². The summed E-state index contributed by atoms with van der Waals surface area (Å²) < 4.78 is 0. The zero-order chi connectivity index (χ0) is 13.1. The van der Waals surface area contributed by atoms with Crippen LogP contribution < -0.4 is 4.90 Å². The Hall–Kier alpha value is -1.41. The van der Waals surface area contributed by atoms with Crippen LogP contribution in [0.4, 0.5) is 5.69 Å². The first-order valence-electron chi connectivity index (χ1n) is 6.24. The molecule has 18 heavy (non-hydrogen) atoms. The summed E-state index contributed by atoms with van der Waals surface area (Å²) in [6.07, 6.45) is 6.20. The molecule has 2 rings (SSSR count). The minimum Gasteiger partial charge on any atom is -0.337 e. The van der Waals surface area contributed by atoms with Crippen molar-refractivity contribution in [1.29, 1.82) is 0 Å². The van der Waals surface area contributed by atoms with E-state index in [1.54, 1.807) is 11.8 Å². The van der Waals surface area contributed by atoms with Gasteiger partial charge in [-0.2, -0.15) is 0 Å². The van der Waals surface area contributed by atoms with Gasteiger partial charge in [0.25, 0.3) is 0 Å². The average molecular weight is 257 g/mol. The van der Waals surface area contributed by atoms with E-state index in [1.807, 2.05) is 6.08 Å². The van der Waals surface area contributed by atoms with Crippen LogP contribution in [0.1, 0.15) is 20.8 Å². The molecule has 0 unspecified atom stereocenters. The van der Waals surface area contributed by atoms with Gasteiger partial charge in [-0.25, -0.2) is 0 Å². The van der Waals surface area contributed by atoms with Gasteiger partial charge in [-0.15, -0.1) is 0 Å². The van der Waals surface area contributed by atoms with E-state index in [1.165, 1.54) is 21.2 Å². The molecule has 2 heteroatoms. The third kappa shape index (κ3) is 2.25. The van der Waals surface area contributed by atoms with Gasteiger partial charge in [0.2, 0.25) is 0 Å². The fourth-order valence-corrected chi connectivity index (χ4v) is 3.19. The second-order valence-corrected chi connectivity index (χ2v) is 5.57. The van der Waals surface area contributed by atoms with E-state index < -0.39 is 0 Å². The number of anilines is 1. The number of benzene rings is 1. The van der Waals surface area contributed by atoms with Crippen LogP contribution in [0.25, 0.3) is 0 Å². The van der Waals surface area contributed by atoms with Crippen molar-refractivity contribution in [3.63, 3.8) is 0 Å². The standard InChI is InChI=1S/C16H19NS/c1-5-9-13-15(6-2)18-16-11-8-7-10-14(16)17(13)12(3)4/h5-12H,2H2,1,3-4H3/b9-5-. The first-order chi connectivity index (χ1) is 8.69. The molecule has 0 saturated carbocycles. The Kier molecular flexibility index (Phi) is 3.97. The van der Waals surface area contributed by atoms with Gasteiger partial charge in [0.05, 0.1) is 11.4 Å². The lowest BCUT2D eigenvalue weighted by Gasteiger charge is -2.36. The zero-order valence-electron chi connectivity index (χ0n) is 11.2. The summed E-state index contributed by atoms with van der Waals surface area (Å²) in [5.41, 5.74) is 2.53. The lowest BCUT2D eigenvalue weighted by atomic mass is 10.1. The van der Waals surface area contributed by atoms with E-state index in [0.29, 0.717) is 6.04 Å². The largest absolute Gasteiger partial charge is 0.337 e. The molecular weight excluding hydrogens is 238 g/mol. The van der Waals surface area contributed by atoms with Crippen LogP contribution in [0.15, 0.2) is 64.6 Å². The van der Waals surface area contributed by atoms with Crippen molar-refractivity contribution >= 4 is 17.4 Å². The number of hydrogen-bond donors (Lipinski definition) is 0. The smallest absolute Gasteiger partial charge is 0.0555 e. The number of fused-ring (bicyclic) bond motifs is 1. The maximum Gasteiger partial charge on any atom is 0.0555 e. The third-order valence-corrected chi connectivity index (χ3v) is 4.04. The Morgan fingerprint density at radius 3 is 2.61 bits per heavy atom. The SMILES string of the molecule is C=CC1=C(/C=C\C)N(C(C)C)c2ccccc2S1. The van der Waals surface area contributed by atoms with Crippen molar-refractivity contribution in [1.82, 2.24) is 0 Å². The van der Waals surface area contributed by atoms with Crippen molar-refractivity contribution in [3.05, 3.63) is 59.7 Å². The van der Waals surface area contributed by atoms with Gasteiger partial charge in [-0.3, -0.25) is 0 Å². The minimum absolute atomic E-state index is 0.424. The monoisotopic (exact) mass is 257 g/mol. The van der Waals surface area contributed by atoms with Crippen molar-refractivity contribution in [3.8, 4) is 0 Å². The Morgan fingerprint density at radius 1 is 1.28 bits per heavy atom. The van der Waals surface area contributed by atoms with E-state index in [2.05, 4.69) is 68.7 Å². The van der Waals surface area contributed by atoms with Gasteiger partial charge in [0, 0.05) is 15.8 Å². The molecule has 0 radical (unpaired) electrons. The summed E-state index contributed by atoms with van der Waals surface area (Å²) in [5.74, 6) is 0. The van der Waals surface area contributed by atoms with E-state index in [-0.39, 0.29) is 0 Å². The van der Waals surface area contributed by atoms with Crippen molar-refractivity contribution in [2.24, 2.45) is 0 Å². The Bertz CT molecular complexity index is 512. The average Bonchev–Trinajstić information content (AvgIpc) is 2.37. The van der Waals surface area contributed by atoms with Crippen LogP contribution in [0.2, 0.25) is 0 Å². The minimum atomic E-state index is 0.424. The molecule has 0 fully saturated rings. The predicted molar refractivity (Wildman–Crippen MR) is 82.0 cm³/mol. The molecule has 94 valence electrons. The molecule has 0 N–H and O–H groups in total. The second-order valence-electron chi connectivity index (χ2n) is 4.49. The number of para-hydroxylation sites is 1. The molecule has 1 nitrogen and oxygen atoms in total.